The van der Waals surface area contributed by atoms with Crippen LogP contribution in [-0.4, -0.2) is 27.8 Å². The Morgan fingerprint density at radius 2 is 1.76 bits per heavy atom. The van der Waals surface area contributed by atoms with Crippen molar-refractivity contribution in [1.29, 1.82) is 0 Å². The third-order valence-corrected chi connectivity index (χ3v) is 6.53. The molecular formula is C26H22N4O2S. The van der Waals surface area contributed by atoms with Gasteiger partial charge in [0.25, 0.3) is 5.91 Å². The van der Waals surface area contributed by atoms with Gasteiger partial charge in [-0.15, -0.1) is 0 Å². The van der Waals surface area contributed by atoms with Crippen LogP contribution in [0.4, 0.5) is 5.13 Å². The van der Waals surface area contributed by atoms with Crippen molar-refractivity contribution in [3.8, 4) is 11.4 Å². The molecule has 5 rings (SSSR count). The number of methoxy groups -OCH3 is 1. The van der Waals surface area contributed by atoms with Crippen molar-refractivity contribution in [2.24, 2.45) is 0 Å². The molecule has 3 aromatic carbocycles. The van der Waals surface area contributed by atoms with E-state index in [1.807, 2.05) is 85.8 Å². The van der Waals surface area contributed by atoms with Crippen LogP contribution in [0.3, 0.4) is 0 Å². The van der Waals surface area contributed by atoms with Gasteiger partial charge in [0.1, 0.15) is 5.75 Å². The number of nitrogens with zero attached hydrogens (tertiary/aromatic N) is 4. The lowest BCUT2D eigenvalue weighted by atomic mass is 10.2. The summed E-state index contributed by atoms with van der Waals surface area (Å²) >= 11 is 1.47. The highest BCUT2D eigenvalue weighted by molar-refractivity contribution is 7.22. The molecule has 0 aliphatic rings. The molecule has 1 amide bonds. The van der Waals surface area contributed by atoms with Crippen molar-refractivity contribution in [2.45, 2.75) is 13.5 Å². The fourth-order valence-corrected chi connectivity index (χ4v) is 4.71. The minimum atomic E-state index is -0.135. The highest BCUT2D eigenvalue weighted by Gasteiger charge is 2.25. The zero-order chi connectivity index (χ0) is 22.8. The Morgan fingerprint density at radius 1 is 1.03 bits per heavy atom. The van der Waals surface area contributed by atoms with E-state index in [1.54, 1.807) is 22.9 Å². The first kappa shape index (κ1) is 20.9. The van der Waals surface area contributed by atoms with Gasteiger partial charge in [-0.25, -0.2) is 9.67 Å². The van der Waals surface area contributed by atoms with Crippen molar-refractivity contribution >= 4 is 32.6 Å². The van der Waals surface area contributed by atoms with E-state index in [0.29, 0.717) is 17.2 Å². The molecule has 0 N–H and O–H groups in total. The summed E-state index contributed by atoms with van der Waals surface area (Å²) in [5.41, 5.74) is 4.10. The first-order valence-corrected chi connectivity index (χ1v) is 11.4. The maximum absolute atomic E-state index is 13.8. The summed E-state index contributed by atoms with van der Waals surface area (Å²) in [5, 5.41) is 5.13. The van der Waals surface area contributed by atoms with Crippen LogP contribution < -0.4 is 9.64 Å². The SMILES string of the molecule is COc1ccc2nc(N(Cc3ccccc3)C(=O)c3cnn(-c4ccccc4)c3C)sc2c1. The van der Waals surface area contributed by atoms with Crippen molar-refractivity contribution in [3.05, 3.63) is 102 Å². The Bertz CT molecular complexity index is 1410. The van der Waals surface area contributed by atoms with E-state index in [4.69, 9.17) is 9.72 Å². The van der Waals surface area contributed by atoms with E-state index in [2.05, 4.69) is 5.10 Å². The van der Waals surface area contributed by atoms with Gasteiger partial charge >= 0.3 is 0 Å². The van der Waals surface area contributed by atoms with Crippen LogP contribution in [0.5, 0.6) is 5.75 Å². The molecule has 0 saturated carbocycles. The van der Waals surface area contributed by atoms with E-state index in [1.165, 1.54) is 11.3 Å². The van der Waals surface area contributed by atoms with E-state index in [9.17, 15) is 4.79 Å². The van der Waals surface area contributed by atoms with Crippen LogP contribution >= 0.6 is 11.3 Å². The Labute approximate surface area is 195 Å². The fourth-order valence-electron chi connectivity index (χ4n) is 3.72. The molecule has 2 heterocycles. The molecule has 0 atom stereocenters. The summed E-state index contributed by atoms with van der Waals surface area (Å²) in [7, 11) is 1.64. The molecule has 0 radical (unpaired) electrons. The van der Waals surface area contributed by atoms with E-state index >= 15 is 0 Å². The van der Waals surface area contributed by atoms with Gasteiger partial charge in [0.05, 0.1) is 47.0 Å². The molecule has 2 aromatic heterocycles. The molecular weight excluding hydrogens is 432 g/mol. The Kier molecular flexibility index (Phi) is 5.62. The smallest absolute Gasteiger partial charge is 0.263 e. The maximum Gasteiger partial charge on any atom is 0.263 e. The summed E-state index contributed by atoms with van der Waals surface area (Å²) in [6.07, 6.45) is 1.64. The lowest BCUT2D eigenvalue weighted by Gasteiger charge is -2.20. The lowest BCUT2D eigenvalue weighted by molar-refractivity contribution is 0.0984. The zero-order valence-corrected chi connectivity index (χ0v) is 19.1. The van der Waals surface area contributed by atoms with Gasteiger partial charge in [0.2, 0.25) is 0 Å². The molecule has 0 unspecified atom stereocenters. The molecule has 5 aromatic rings. The highest BCUT2D eigenvalue weighted by atomic mass is 32.1. The van der Waals surface area contributed by atoms with Crippen LogP contribution in [0.1, 0.15) is 21.6 Å². The Hall–Kier alpha value is -3.97. The zero-order valence-electron chi connectivity index (χ0n) is 18.3. The van der Waals surface area contributed by atoms with Crippen LogP contribution in [-0.2, 0) is 6.54 Å². The Morgan fingerprint density at radius 3 is 2.48 bits per heavy atom. The molecule has 0 bridgehead atoms. The second-order valence-electron chi connectivity index (χ2n) is 7.60. The van der Waals surface area contributed by atoms with Crippen LogP contribution in [0, 0.1) is 6.92 Å². The number of ether oxygens (including phenoxy) is 1. The molecule has 33 heavy (non-hydrogen) atoms. The molecule has 164 valence electrons. The number of amides is 1. The van der Waals surface area contributed by atoms with Gasteiger partial charge in [0, 0.05) is 0 Å². The lowest BCUT2D eigenvalue weighted by Crippen LogP contribution is -2.30. The van der Waals surface area contributed by atoms with Gasteiger partial charge in [-0.3, -0.25) is 9.69 Å². The van der Waals surface area contributed by atoms with Gasteiger partial charge in [-0.2, -0.15) is 5.10 Å². The fraction of sp³-hybridized carbons (Fsp3) is 0.115. The predicted octanol–water partition coefficient (Wildman–Crippen LogP) is 5.65. The van der Waals surface area contributed by atoms with Crippen molar-refractivity contribution in [1.82, 2.24) is 14.8 Å². The van der Waals surface area contributed by atoms with Gasteiger partial charge in [-0.1, -0.05) is 59.9 Å². The van der Waals surface area contributed by atoms with Crippen LogP contribution in [0.2, 0.25) is 0 Å². The first-order chi connectivity index (χ1) is 16.1. The molecule has 0 aliphatic carbocycles. The van der Waals surface area contributed by atoms with E-state index in [-0.39, 0.29) is 5.91 Å². The maximum atomic E-state index is 13.8. The van der Waals surface area contributed by atoms with Gasteiger partial charge in [-0.05, 0) is 42.8 Å². The average molecular weight is 455 g/mol. The molecule has 0 aliphatic heterocycles. The summed E-state index contributed by atoms with van der Waals surface area (Å²) in [6, 6.07) is 25.5. The molecule has 0 fully saturated rings. The molecule has 0 spiro atoms. The standard InChI is InChI=1S/C26H22N4O2S/c1-18-22(16-27-30(18)20-11-7-4-8-12-20)25(31)29(17-19-9-5-3-6-10-19)26-28-23-14-13-21(32-2)15-24(23)33-26/h3-16H,17H2,1-2H3. The van der Waals surface area contributed by atoms with Gasteiger partial charge in [0.15, 0.2) is 5.13 Å². The molecule has 0 saturated heterocycles. The first-order valence-electron chi connectivity index (χ1n) is 10.5. The third kappa shape index (κ3) is 4.10. The van der Waals surface area contributed by atoms with Crippen molar-refractivity contribution in [3.63, 3.8) is 0 Å². The minimum absolute atomic E-state index is 0.135. The summed E-state index contributed by atoms with van der Waals surface area (Å²) in [4.78, 5) is 20.3. The second kappa shape index (κ2) is 8.88. The molecule has 6 nitrogen and oxygen atoms in total. The number of anilines is 1. The number of aromatic nitrogens is 3. The van der Waals surface area contributed by atoms with E-state index < -0.39 is 0 Å². The number of rotatable bonds is 6. The molecule has 7 heteroatoms. The number of fused-ring (bicyclic) bond motifs is 1. The number of thiazole rings is 1. The summed E-state index contributed by atoms with van der Waals surface area (Å²) in [5.74, 6) is 0.628. The van der Waals surface area contributed by atoms with Crippen molar-refractivity contribution in [2.75, 3.05) is 12.0 Å². The number of para-hydroxylation sites is 1. The second-order valence-corrected chi connectivity index (χ2v) is 8.61. The number of carbonyl (C=O) groups is 1. The monoisotopic (exact) mass is 454 g/mol. The van der Waals surface area contributed by atoms with E-state index in [0.717, 1.165) is 32.9 Å². The largest absolute Gasteiger partial charge is 0.497 e. The number of carbonyl (C=O) groups excluding carboxylic acids is 1. The van der Waals surface area contributed by atoms with Crippen LogP contribution in [0.25, 0.3) is 15.9 Å². The predicted molar refractivity (Wildman–Crippen MR) is 131 cm³/mol. The summed E-state index contributed by atoms with van der Waals surface area (Å²) < 4.78 is 8.11. The third-order valence-electron chi connectivity index (χ3n) is 5.48. The number of benzene rings is 3. The normalized spacial score (nSPS) is 11.0. The highest BCUT2D eigenvalue weighted by Crippen LogP contribution is 2.33. The average Bonchev–Trinajstić information content (AvgIpc) is 3.46. The Balaban J connectivity index is 1.56. The minimum Gasteiger partial charge on any atom is -0.497 e. The summed E-state index contributed by atoms with van der Waals surface area (Å²) in [6.45, 7) is 2.32. The topological polar surface area (TPSA) is 60.2 Å². The van der Waals surface area contributed by atoms with Gasteiger partial charge < -0.3 is 4.74 Å². The quantitative estimate of drug-likeness (QED) is 0.333. The number of hydrogen-bond donors (Lipinski definition) is 0. The van der Waals surface area contributed by atoms with Crippen LogP contribution in [0.15, 0.2) is 85.1 Å². The van der Waals surface area contributed by atoms with Crippen molar-refractivity contribution < 1.29 is 9.53 Å². The number of hydrogen-bond acceptors (Lipinski definition) is 5.